The molecule has 0 spiro atoms. The van der Waals surface area contributed by atoms with Crippen LogP contribution in [0.3, 0.4) is 0 Å². The zero-order valence-corrected chi connectivity index (χ0v) is 13.6. The minimum absolute atomic E-state index is 0.0433. The van der Waals surface area contributed by atoms with Crippen LogP contribution in [-0.2, 0) is 19.5 Å². The first-order valence-corrected chi connectivity index (χ1v) is 8.07. The molecule has 0 fully saturated rings. The molecule has 0 saturated heterocycles. The van der Waals surface area contributed by atoms with Gasteiger partial charge in [0.2, 0.25) is 0 Å². The highest BCUT2D eigenvalue weighted by Gasteiger charge is 2.18. The Morgan fingerprint density at radius 3 is 2.92 bits per heavy atom. The fraction of sp³-hybridized carbons (Fsp3) is 0.400. The van der Waals surface area contributed by atoms with E-state index >= 15 is 0 Å². The Labute approximate surface area is 143 Å². The second-order valence-electron chi connectivity index (χ2n) is 5.60. The molecule has 0 unspecified atom stereocenters. The number of carbonyl (C=O) groups is 1. The number of hydrogen-bond donors (Lipinski definition) is 1. The van der Waals surface area contributed by atoms with E-state index in [9.17, 15) is 14.9 Å². The molecule has 1 aliphatic heterocycles. The number of fused-ring (bicyclic) bond motifs is 1. The first-order chi connectivity index (χ1) is 11.6. The van der Waals surface area contributed by atoms with Gasteiger partial charge in [-0.25, -0.2) is 0 Å². The summed E-state index contributed by atoms with van der Waals surface area (Å²) in [6, 6.07) is 3.77. The maximum absolute atomic E-state index is 12.3. The van der Waals surface area contributed by atoms with Crippen molar-refractivity contribution in [1.82, 2.24) is 20.1 Å². The molecule has 1 aromatic heterocycles. The normalized spacial score (nSPS) is 13.9. The Morgan fingerprint density at radius 1 is 1.33 bits per heavy atom. The molecule has 1 amide bonds. The van der Waals surface area contributed by atoms with Gasteiger partial charge in [-0.1, -0.05) is 18.0 Å². The van der Waals surface area contributed by atoms with Crippen molar-refractivity contribution in [3.05, 3.63) is 50.5 Å². The highest BCUT2D eigenvalue weighted by Crippen LogP contribution is 2.22. The van der Waals surface area contributed by atoms with Gasteiger partial charge >= 0.3 is 0 Å². The first kappa shape index (κ1) is 16.4. The number of rotatable bonds is 4. The van der Waals surface area contributed by atoms with E-state index in [0.717, 1.165) is 38.1 Å². The number of halogens is 1. The molecular weight excluding hydrogens is 334 g/mol. The molecule has 24 heavy (non-hydrogen) atoms. The second-order valence-corrected chi connectivity index (χ2v) is 6.01. The predicted octanol–water partition coefficient (Wildman–Crippen LogP) is 2.50. The van der Waals surface area contributed by atoms with Gasteiger partial charge in [-0.05, 0) is 18.9 Å². The summed E-state index contributed by atoms with van der Waals surface area (Å²) in [5, 5.41) is 21.8. The fourth-order valence-electron chi connectivity index (χ4n) is 2.73. The van der Waals surface area contributed by atoms with Crippen molar-refractivity contribution >= 4 is 23.2 Å². The summed E-state index contributed by atoms with van der Waals surface area (Å²) >= 11 is 5.97. The van der Waals surface area contributed by atoms with Crippen molar-refractivity contribution in [1.29, 1.82) is 0 Å². The summed E-state index contributed by atoms with van der Waals surface area (Å²) in [6.45, 7) is 1.09. The maximum atomic E-state index is 12.3. The van der Waals surface area contributed by atoms with E-state index in [4.69, 9.17) is 11.6 Å². The zero-order valence-electron chi connectivity index (χ0n) is 12.9. The number of nitrogens with one attached hydrogen (secondary N) is 1. The van der Waals surface area contributed by atoms with Gasteiger partial charge in [0, 0.05) is 25.1 Å². The lowest BCUT2D eigenvalue weighted by Crippen LogP contribution is -2.25. The molecule has 2 aromatic rings. The molecule has 1 aliphatic rings. The SMILES string of the molecule is O=C(NCc1nnc2n1CCCCC2)c1ccc([N+](=O)[O-])cc1Cl. The van der Waals surface area contributed by atoms with Crippen LogP contribution in [0.4, 0.5) is 5.69 Å². The molecule has 0 radical (unpaired) electrons. The smallest absolute Gasteiger partial charge is 0.270 e. The van der Waals surface area contributed by atoms with E-state index in [0.29, 0.717) is 5.82 Å². The average Bonchev–Trinajstić information content (AvgIpc) is 2.79. The minimum atomic E-state index is -0.557. The van der Waals surface area contributed by atoms with E-state index in [-0.39, 0.29) is 22.8 Å². The quantitative estimate of drug-likeness (QED) is 0.674. The third kappa shape index (κ3) is 3.38. The standard InChI is InChI=1S/C15H16ClN5O3/c16-12-8-10(21(23)24)5-6-11(12)15(22)17-9-14-19-18-13-4-2-1-3-7-20(13)14/h5-6,8H,1-4,7,9H2,(H,17,22). The molecular formula is C15H16ClN5O3. The van der Waals surface area contributed by atoms with Crippen molar-refractivity contribution in [3.8, 4) is 0 Å². The molecule has 9 heteroatoms. The van der Waals surface area contributed by atoms with Gasteiger partial charge in [-0.15, -0.1) is 10.2 Å². The number of aryl methyl sites for hydroxylation is 1. The van der Waals surface area contributed by atoms with E-state index in [2.05, 4.69) is 15.5 Å². The van der Waals surface area contributed by atoms with Crippen LogP contribution in [-0.4, -0.2) is 25.6 Å². The van der Waals surface area contributed by atoms with Gasteiger partial charge in [0.1, 0.15) is 5.82 Å². The Balaban J connectivity index is 1.70. The van der Waals surface area contributed by atoms with Crippen molar-refractivity contribution in [2.45, 2.75) is 38.8 Å². The van der Waals surface area contributed by atoms with Crippen molar-refractivity contribution in [2.75, 3.05) is 0 Å². The number of non-ortho nitro benzene ring substituents is 1. The Bertz CT molecular complexity index is 789. The second kappa shape index (κ2) is 6.96. The van der Waals surface area contributed by atoms with Gasteiger partial charge in [-0.2, -0.15) is 0 Å². The third-order valence-corrected chi connectivity index (χ3v) is 4.31. The van der Waals surface area contributed by atoms with E-state index in [1.165, 1.54) is 18.2 Å². The summed E-state index contributed by atoms with van der Waals surface area (Å²) in [7, 11) is 0. The molecule has 0 aliphatic carbocycles. The Kier molecular flexibility index (Phi) is 4.75. The lowest BCUT2D eigenvalue weighted by Gasteiger charge is -2.09. The van der Waals surface area contributed by atoms with E-state index in [1.54, 1.807) is 0 Å². The average molecular weight is 350 g/mol. The largest absolute Gasteiger partial charge is 0.345 e. The Morgan fingerprint density at radius 2 is 2.17 bits per heavy atom. The van der Waals surface area contributed by atoms with E-state index in [1.807, 2.05) is 4.57 Å². The molecule has 3 rings (SSSR count). The number of benzene rings is 1. The number of nitrogens with zero attached hydrogens (tertiary/aromatic N) is 4. The van der Waals surface area contributed by atoms with Crippen LogP contribution in [0.15, 0.2) is 18.2 Å². The van der Waals surface area contributed by atoms with Gasteiger partial charge < -0.3 is 9.88 Å². The number of hydrogen-bond acceptors (Lipinski definition) is 5. The van der Waals surface area contributed by atoms with Crippen LogP contribution in [0, 0.1) is 10.1 Å². The molecule has 0 saturated carbocycles. The van der Waals surface area contributed by atoms with Crippen LogP contribution in [0.2, 0.25) is 5.02 Å². The molecule has 8 nitrogen and oxygen atoms in total. The van der Waals surface area contributed by atoms with E-state index < -0.39 is 10.8 Å². The molecule has 1 aromatic carbocycles. The number of carbonyl (C=O) groups excluding carboxylic acids is 1. The molecule has 0 atom stereocenters. The van der Waals surface area contributed by atoms with Gasteiger partial charge in [0.05, 0.1) is 22.1 Å². The molecule has 126 valence electrons. The van der Waals surface area contributed by atoms with Gasteiger partial charge in [0.15, 0.2) is 5.82 Å². The Hall–Kier alpha value is -2.48. The maximum Gasteiger partial charge on any atom is 0.270 e. The molecule has 0 bridgehead atoms. The van der Waals surface area contributed by atoms with Crippen molar-refractivity contribution in [2.24, 2.45) is 0 Å². The van der Waals surface area contributed by atoms with Crippen LogP contribution in [0.5, 0.6) is 0 Å². The summed E-state index contributed by atoms with van der Waals surface area (Å²) < 4.78 is 2.05. The lowest BCUT2D eigenvalue weighted by molar-refractivity contribution is -0.384. The lowest BCUT2D eigenvalue weighted by atomic mass is 10.2. The highest BCUT2D eigenvalue weighted by atomic mass is 35.5. The summed E-state index contributed by atoms with van der Waals surface area (Å²) in [5.74, 6) is 1.25. The highest BCUT2D eigenvalue weighted by molar-refractivity contribution is 6.34. The number of nitro benzene ring substituents is 1. The fourth-order valence-corrected chi connectivity index (χ4v) is 2.99. The van der Waals surface area contributed by atoms with Crippen molar-refractivity contribution < 1.29 is 9.72 Å². The number of aromatic nitrogens is 3. The van der Waals surface area contributed by atoms with Crippen LogP contribution in [0.1, 0.15) is 41.3 Å². The predicted molar refractivity (Wildman–Crippen MR) is 86.9 cm³/mol. The minimum Gasteiger partial charge on any atom is -0.345 e. The monoisotopic (exact) mass is 349 g/mol. The molecule has 2 heterocycles. The number of nitro groups is 1. The van der Waals surface area contributed by atoms with Crippen LogP contribution < -0.4 is 5.32 Å². The summed E-state index contributed by atoms with van der Waals surface area (Å²) in [4.78, 5) is 22.4. The summed E-state index contributed by atoms with van der Waals surface area (Å²) in [5.41, 5.74) is 0.0391. The van der Waals surface area contributed by atoms with Crippen LogP contribution >= 0.6 is 11.6 Å². The number of amides is 1. The third-order valence-electron chi connectivity index (χ3n) is 4.00. The van der Waals surface area contributed by atoms with Crippen molar-refractivity contribution in [3.63, 3.8) is 0 Å². The van der Waals surface area contributed by atoms with Crippen LogP contribution in [0.25, 0.3) is 0 Å². The summed E-state index contributed by atoms with van der Waals surface area (Å²) in [6.07, 6.45) is 4.23. The van der Waals surface area contributed by atoms with Gasteiger partial charge in [0.25, 0.3) is 11.6 Å². The zero-order chi connectivity index (χ0) is 17.1. The topological polar surface area (TPSA) is 103 Å². The molecule has 1 N–H and O–H groups in total. The first-order valence-electron chi connectivity index (χ1n) is 7.69. The van der Waals surface area contributed by atoms with Gasteiger partial charge in [-0.3, -0.25) is 14.9 Å².